The van der Waals surface area contributed by atoms with E-state index in [4.69, 9.17) is 0 Å². The fourth-order valence-electron chi connectivity index (χ4n) is 3.28. The van der Waals surface area contributed by atoms with E-state index in [2.05, 4.69) is 51.4 Å². The molecule has 0 aliphatic carbocycles. The Morgan fingerprint density at radius 2 is 1.74 bits per heavy atom. The third kappa shape index (κ3) is 4.52. The molecule has 0 bridgehead atoms. The Kier molecular flexibility index (Phi) is 4.91. The van der Waals surface area contributed by atoms with E-state index in [9.17, 15) is 0 Å². The molecule has 1 saturated heterocycles. The highest BCUT2D eigenvalue weighted by atomic mass is 15.2. The van der Waals surface area contributed by atoms with Crippen molar-refractivity contribution in [3.05, 3.63) is 52.8 Å². The maximum atomic E-state index is 4.49. The number of hydrogen-bond acceptors (Lipinski definition) is 4. The van der Waals surface area contributed by atoms with Gasteiger partial charge in [-0.3, -0.25) is 4.90 Å². The van der Waals surface area contributed by atoms with Crippen LogP contribution in [0.4, 0.5) is 5.95 Å². The van der Waals surface area contributed by atoms with Gasteiger partial charge in [-0.25, -0.2) is 9.97 Å². The highest BCUT2D eigenvalue weighted by Crippen LogP contribution is 2.17. The molecule has 3 rings (SSSR count). The molecule has 0 saturated carbocycles. The van der Waals surface area contributed by atoms with E-state index in [0.29, 0.717) is 6.04 Å². The molecule has 2 heterocycles. The molecule has 122 valence electrons. The molecule has 0 amide bonds. The number of aromatic nitrogens is 2. The Balaban J connectivity index is 1.52. The van der Waals surface area contributed by atoms with E-state index in [1.54, 1.807) is 0 Å². The molecule has 0 spiro atoms. The molecule has 1 aromatic heterocycles. The average molecular weight is 310 g/mol. The number of likely N-dealkylation sites (tertiary alicyclic amines) is 1. The highest BCUT2D eigenvalue weighted by molar-refractivity contribution is 5.29. The lowest BCUT2D eigenvalue weighted by Gasteiger charge is -2.32. The largest absolute Gasteiger partial charge is 0.351 e. The third-order valence-corrected chi connectivity index (χ3v) is 4.39. The summed E-state index contributed by atoms with van der Waals surface area (Å²) in [5.74, 6) is 0.777. The summed E-state index contributed by atoms with van der Waals surface area (Å²) in [5, 5.41) is 3.51. The molecule has 0 atom stereocenters. The summed E-state index contributed by atoms with van der Waals surface area (Å²) in [6.07, 6.45) is 2.28. The predicted molar refractivity (Wildman–Crippen MR) is 94.6 cm³/mol. The summed E-state index contributed by atoms with van der Waals surface area (Å²) >= 11 is 0. The Labute approximate surface area is 139 Å². The van der Waals surface area contributed by atoms with Gasteiger partial charge in [0.15, 0.2) is 0 Å². The Bertz CT molecular complexity index is 640. The van der Waals surface area contributed by atoms with E-state index in [1.807, 2.05) is 19.9 Å². The van der Waals surface area contributed by atoms with Gasteiger partial charge in [-0.15, -0.1) is 0 Å². The fraction of sp³-hybridized carbons (Fsp3) is 0.474. The van der Waals surface area contributed by atoms with E-state index in [0.717, 1.165) is 49.8 Å². The molecule has 23 heavy (non-hydrogen) atoms. The summed E-state index contributed by atoms with van der Waals surface area (Å²) in [5.41, 5.74) is 4.80. The lowest BCUT2D eigenvalue weighted by atomic mass is 10.0. The van der Waals surface area contributed by atoms with Crippen LogP contribution in [-0.4, -0.2) is 34.0 Å². The van der Waals surface area contributed by atoms with Crippen molar-refractivity contribution in [2.45, 2.75) is 46.2 Å². The maximum Gasteiger partial charge on any atom is 0.223 e. The van der Waals surface area contributed by atoms with Crippen molar-refractivity contribution in [2.75, 3.05) is 18.4 Å². The molecule has 4 nitrogen and oxygen atoms in total. The molecule has 0 radical (unpaired) electrons. The SMILES string of the molecule is Cc1cccc(CN2CCC(Nc3nc(C)cc(C)n3)CC2)c1. The molecule has 1 fully saturated rings. The maximum absolute atomic E-state index is 4.49. The average Bonchev–Trinajstić information content (AvgIpc) is 2.48. The van der Waals surface area contributed by atoms with Gasteiger partial charge in [0, 0.05) is 37.1 Å². The zero-order chi connectivity index (χ0) is 16.2. The fourth-order valence-corrected chi connectivity index (χ4v) is 3.28. The first-order chi connectivity index (χ1) is 11.1. The smallest absolute Gasteiger partial charge is 0.223 e. The number of nitrogens with zero attached hydrogens (tertiary/aromatic N) is 3. The Morgan fingerprint density at radius 3 is 2.39 bits per heavy atom. The van der Waals surface area contributed by atoms with Crippen molar-refractivity contribution in [1.29, 1.82) is 0 Å². The zero-order valence-electron chi connectivity index (χ0n) is 14.3. The number of nitrogens with one attached hydrogen (secondary N) is 1. The van der Waals surface area contributed by atoms with Gasteiger partial charge in [0.25, 0.3) is 0 Å². The van der Waals surface area contributed by atoms with Crippen LogP contribution in [0.15, 0.2) is 30.3 Å². The highest BCUT2D eigenvalue weighted by Gasteiger charge is 2.20. The van der Waals surface area contributed by atoms with Crippen molar-refractivity contribution >= 4 is 5.95 Å². The van der Waals surface area contributed by atoms with Crippen LogP contribution in [0.1, 0.15) is 35.4 Å². The molecule has 1 aliphatic heterocycles. The van der Waals surface area contributed by atoms with Crippen molar-refractivity contribution in [1.82, 2.24) is 14.9 Å². The molecule has 0 unspecified atom stereocenters. The van der Waals surface area contributed by atoms with Crippen molar-refractivity contribution < 1.29 is 0 Å². The molecular formula is C19H26N4. The summed E-state index contributed by atoms with van der Waals surface area (Å²) in [7, 11) is 0. The normalized spacial score (nSPS) is 16.5. The summed E-state index contributed by atoms with van der Waals surface area (Å²) in [4.78, 5) is 11.5. The van der Waals surface area contributed by atoms with Crippen LogP contribution in [0.25, 0.3) is 0 Å². The van der Waals surface area contributed by atoms with Gasteiger partial charge < -0.3 is 5.32 Å². The van der Waals surface area contributed by atoms with Gasteiger partial charge in [-0.05, 0) is 45.2 Å². The minimum absolute atomic E-state index is 0.477. The van der Waals surface area contributed by atoms with Crippen molar-refractivity contribution in [2.24, 2.45) is 0 Å². The third-order valence-electron chi connectivity index (χ3n) is 4.39. The topological polar surface area (TPSA) is 41.0 Å². The first kappa shape index (κ1) is 15.9. The number of anilines is 1. The van der Waals surface area contributed by atoms with Crippen LogP contribution in [0.5, 0.6) is 0 Å². The second-order valence-corrected chi connectivity index (χ2v) is 6.66. The van der Waals surface area contributed by atoms with Crippen LogP contribution < -0.4 is 5.32 Å². The van der Waals surface area contributed by atoms with E-state index in [1.165, 1.54) is 11.1 Å². The minimum atomic E-state index is 0.477. The molecule has 1 N–H and O–H groups in total. The molecule has 4 heteroatoms. The van der Waals surface area contributed by atoms with E-state index < -0.39 is 0 Å². The lowest BCUT2D eigenvalue weighted by Crippen LogP contribution is -2.39. The van der Waals surface area contributed by atoms with Gasteiger partial charge >= 0.3 is 0 Å². The standard InChI is InChI=1S/C19H26N4/c1-14-5-4-6-17(11-14)13-23-9-7-18(8-10-23)22-19-20-15(2)12-16(3)21-19/h4-6,11-12,18H,7-10,13H2,1-3H3,(H,20,21,22). The monoisotopic (exact) mass is 310 g/mol. The zero-order valence-corrected chi connectivity index (χ0v) is 14.3. The quantitative estimate of drug-likeness (QED) is 0.938. The summed E-state index contributed by atoms with van der Waals surface area (Å²) in [6, 6.07) is 11.3. The number of piperidine rings is 1. The summed E-state index contributed by atoms with van der Waals surface area (Å²) in [6.45, 7) is 9.49. The van der Waals surface area contributed by atoms with Crippen LogP contribution in [0.3, 0.4) is 0 Å². The van der Waals surface area contributed by atoms with Crippen LogP contribution in [-0.2, 0) is 6.54 Å². The van der Waals surface area contributed by atoms with Crippen molar-refractivity contribution in [3.63, 3.8) is 0 Å². The Morgan fingerprint density at radius 1 is 1.04 bits per heavy atom. The summed E-state index contributed by atoms with van der Waals surface area (Å²) < 4.78 is 0. The number of benzene rings is 1. The van der Waals surface area contributed by atoms with E-state index in [-0.39, 0.29) is 0 Å². The van der Waals surface area contributed by atoms with Crippen LogP contribution in [0.2, 0.25) is 0 Å². The van der Waals surface area contributed by atoms with Gasteiger partial charge in [0.2, 0.25) is 5.95 Å². The predicted octanol–water partition coefficient (Wildman–Crippen LogP) is 3.48. The molecular weight excluding hydrogens is 284 g/mol. The van der Waals surface area contributed by atoms with Gasteiger partial charge in [0.1, 0.15) is 0 Å². The molecule has 1 aliphatic rings. The van der Waals surface area contributed by atoms with Gasteiger partial charge in [-0.2, -0.15) is 0 Å². The van der Waals surface area contributed by atoms with Crippen molar-refractivity contribution in [3.8, 4) is 0 Å². The second kappa shape index (κ2) is 7.09. The number of rotatable bonds is 4. The first-order valence-electron chi connectivity index (χ1n) is 8.45. The second-order valence-electron chi connectivity index (χ2n) is 6.66. The molecule has 2 aromatic rings. The Hall–Kier alpha value is -1.94. The number of hydrogen-bond donors (Lipinski definition) is 1. The molecule has 1 aromatic carbocycles. The lowest BCUT2D eigenvalue weighted by molar-refractivity contribution is 0.211. The number of aryl methyl sites for hydroxylation is 3. The minimum Gasteiger partial charge on any atom is -0.351 e. The van der Waals surface area contributed by atoms with Crippen LogP contribution in [0, 0.1) is 20.8 Å². The first-order valence-corrected chi connectivity index (χ1v) is 8.45. The van der Waals surface area contributed by atoms with Gasteiger partial charge in [0.05, 0.1) is 0 Å². The van der Waals surface area contributed by atoms with Gasteiger partial charge in [-0.1, -0.05) is 29.8 Å². The van der Waals surface area contributed by atoms with Crippen LogP contribution >= 0.6 is 0 Å². The van der Waals surface area contributed by atoms with E-state index >= 15 is 0 Å².